The van der Waals surface area contributed by atoms with Gasteiger partial charge in [0.1, 0.15) is 11.7 Å². The highest BCUT2D eigenvalue weighted by molar-refractivity contribution is 7.93. The van der Waals surface area contributed by atoms with E-state index in [0.717, 1.165) is 68.2 Å². The zero-order valence-corrected chi connectivity index (χ0v) is 28.4. The van der Waals surface area contributed by atoms with Crippen LogP contribution in [-0.4, -0.2) is 82.8 Å². The van der Waals surface area contributed by atoms with E-state index in [4.69, 9.17) is 9.73 Å². The van der Waals surface area contributed by atoms with Gasteiger partial charge in [0, 0.05) is 49.1 Å². The molecule has 1 N–H and O–H groups in total. The van der Waals surface area contributed by atoms with Gasteiger partial charge in [-0.1, -0.05) is 44.4 Å². The molecule has 1 aromatic heterocycles. The molecule has 2 heterocycles. The number of amides is 1. The van der Waals surface area contributed by atoms with Crippen molar-refractivity contribution in [2.24, 2.45) is 15.9 Å². The quantitative estimate of drug-likeness (QED) is 0.203. The largest absolute Gasteiger partial charge is 0.453 e. The summed E-state index contributed by atoms with van der Waals surface area (Å²) in [5.41, 5.74) is 1.49. The first-order chi connectivity index (χ1) is 22.2. The van der Waals surface area contributed by atoms with Gasteiger partial charge in [-0.15, -0.1) is 0 Å². The predicted molar refractivity (Wildman–Crippen MR) is 178 cm³/mol. The number of nitrogens with one attached hydrogen (secondary N) is 1. The molecular formula is C33H44F3N5O5S. The maximum atomic E-state index is 14.3. The zero-order valence-electron chi connectivity index (χ0n) is 27.6. The van der Waals surface area contributed by atoms with Crippen molar-refractivity contribution < 1.29 is 35.9 Å². The third-order valence-corrected chi connectivity index (χ3v) is 8.45. The third-order valence-electron chi connectivity index (χ3n) is 7.77. The molecule has 10 nitrogen and oxygen atoms in total. The maximum absolute atomic E-state index is 14.3. The number of allylic oxidation sites excluding steroid dienone is 1. The number of halogens is 3. The van der Waals surface area contributed by atoms with E-state index in [1.807, 2.05) is 30.0 Å². The van der Waals surface area contributed by atoms with E-state index in [-0.39, 0.29) is 17.2 Å². The summed E-state index contributed by atoms with van der Waals surface area (Å²) >= 11 is 0. The van der Waals surface area contributed by atoms with E-state index in [0.29, 0.717) is 44.5 Å². The zero-order chi connectivity index (χ0) is 34.6. The molecule has 1 aliphatic heterocycles. The van der Waals surface area contributed by atoms with E-state index < -0.39 is 27.7 Å². The van der Waals surface area contributed by atoms with Gasteiger partial charge in [-0.3, -0.25) is 10.3 Å². The number of pyridine rings is 1. The molecule has 1 aromatic carbocycles. The SMILES string of the molecule is CCCCC(CC/C=C/S(C)(=O)=O)Cc1cc(C(=NC(=NC)c2cnc(NC(=O)OC)cc2C(F)(F)F)N2CCOCC2)ccc1C. The van der Waals surface area contributed by atoms with Gasteiger partial charge in [0.2, 0.25) is 0 Å². The lowest BCUT2D eigenvalue weighted by Crippen LogP contribution is -2.41. The number of amidine groups is 2. The highest BCUT2D eigenvalue weighted by Crippen LogP contribution is 2.34. The van der Waals surface area contributed by atoms with Crippen LogP contribution in [0.1, 0.15) is 66.8 Å². The van der Waals surface area contributed by atoms with E-state index in [1.54, 1.807) is 6.08 Å². The number of nitrogens with zero attached hydrogens (tertiary/aromatic N) is 4. The minimum absolute atomic E-state index is 0.170. The van der Waals surface area contributed by atoms with Crippen LogP contribution in [-0.2, 0) is 31.9 Å². The van der Waals surface area contributed by atoms with Crippen LogP contribution in [0.25, 0.3) is 0 Å². The van der Waals surface area contributed by atoms with Crippen LogP contribution in [0.3, 0.4) is 0 Å². The monoisotopic (exact) mass is 679 g/mol. The standard InChI is InChI=1S/C33H44F3N5O5S/c1-6-7-10-24(11-8-9-18-47(5,43)44)19-26-20-25(13-12-23(26)2)31(41-14-16-46-17-15-41)40-30(37-3)27-22-38-29(39-32(42)45-4)21-28(27)33(34,35)36/h9,12-13,18,20-22,24H,6-8,10-11,14-17,19H2,1-5H3,(H,38,39,42)/b18-9+,37-30?,40-31?. The molecule has 1 fully saturated rings. The Labute approximate surface area is 275 Å². The molecule has 14 heteroatoms. The summed E-state index contributed by atoms with van der Waals surface area (Å²) in [6.07, 6.45) is 3.41. The number of hydrogen-bond acceptors (Lipinski definition) is 7. The minimum atomic E-state index is -4.80. The van der Waals surface area contributed by atoms with Crippen molar-refractivity contribution in [1.82, 2.24) is 9.88 Å². The van der Waals surface area contributed by atoms with Crippen molar-refractivity contribution in [3.8, 4) is 0 Å². The Bertz CT molecular complexity index is 1570. The maximum Gasteiger partial charge on any atom is 0.417 e. The molecule has 0 spiro atoms. The van der Waals surface area contributed by atoms with E-state index in [2.05, 4.69) is 27.0 Å². The smallest absolute Gasteiger partial charge is 0.417 e. The van der Waals surface area contributed by atoms with Crippen LogP contribution in [0, 0.1) is 12.8 Å². The highest BCUT2D eigenvalue weighted by atomic mass is 32.2. The number of carbonyl (C=O) groups is 1. The molecule has 3 rings (SSSR count). The van der Waals surface area contributed by atoms with E-state index in [1.165, 1.54) is 18.7 Å². The first kappa shape index (κ1) is 37.7. The summed E-state index contributed by atoms with van der Waals surface area (Å²) in [7, 11) is -0.722. The molecule has 0 aliphatic carbocycles. The summed E-state index contributed by atoms with van der Waals surface area (Å²) in [4.78, 5) is 26.5. The minimum Gasteiger partial charge on any atom is -0.453 e. The van der Waals surface area contributed by atoms with Crippen molar-refractivity contribution in [2.75, 3.05) is 52.0 Å². The number of anilines is 1. The van der Waals surface area contributed by atoms with Crippen LogP contribution in [0.4, 0.5) is 23.8 Å². The van der Waals surface area contributed by atoms with Crippen molar-refractivity contribution in [3.63, 3.8) is 0 Å². The number of benzene rings is 1. The Morgan fingerprint density at radius 3 is 2.55 bits per heavy atom. The number of aryl methyl sites for hydroxylation is 1. The number of unbranched alkanes of at least 4 members (excludes halogenated alkanes) is 1. The summed E-state index contributed by atoms with van der Waals surface area (Å²) in [5.74, 6) is 0.272. The predicted octanol–water partition coefficient (Wildman–Crippen LogP) is 6.43. The molecule has 0 bridgehead atoms. The first-order valence-corrected chi connectivity index (χ1v) is 17.5. The van der Waals surface area contributed by atoms with Crippen LogP contribution in [0.2, 0.25) is 0 Å². The summed E-state index contributed by atoms with van der Waals surface area (Å²) in [5, 5.41) is 3.41. The van der Waals surface area contributed by atoms with E-state index in [9.17, 15) is 26.4 Å². The average molecular weight is 680 g/mol. The van der Waals surface area contributed by atoms with Crippen LogP contribution in [0.15, 0.2) is 51.9 Å². The number of ether oxygens (including phenoxy) is 2. The second-order valence-corrected chi connectivity index (χ2v) is 13.4. The number of carbonyl (C=O) groups excluding carboxylic acids is 1. The molecule has 258 valence electrons. The van der Waals surface area contributed by atoms with Gasteiger partial charge in [-0.05, 0) is 55.4 Å². The Kier molecular flexibility index (Phi) is 13.9. The molecule has 0 saturated carbocycles. The van der Waals surface area contributed by atoms with Crippen molar-refractivity contribution in [1.29, 1.82) is 0 Å². The lowest BCUT2D eigenvalue weighted by Gasteiger charge is -2.30. The normalized spacial score (nSPS) is 15.6. The van der Waals surface area contributed by atoms with Gasteiger partial charge in [-0.25, -0.2) is 23.2 Å². The Morgan fingerprint density at radius 1 is 1.21 bits per heavy atom. The fourth-order valence-corrected chi connectivity index (χ4v) is 5.76. The van der Waals surface area contributed by atoms with E-state index >= 15 is 0 Å². The van der Waals surface area contributed by atoms with Gasteiger partial charge in [0.05, 0.1) is 25.9 Å². The second-order valence-electron chi connectivity index (χ2n) is 11.4. The van der Waals surface area contributed by atoms with Crippen LogP contribution >= 0.6 is 0 Å². The summed E-state index contributed by atoms with van der Waals surface area (Å²) in [6.45, 7) is 5.98. The fourth-order valence-electron chi connectivity index (χ4n) is 5.27. The summed E-state index contributed by atoms with van der Waals surface area (Å²) in [6, 6.07) is 6.66. The highest BCUT2D eigenvalue weighted by Gasteiger charge is 2.36. The molecule has 1 saturated heterocycles. The number of aliphatic imine (C=N–C) groups is 2. The van der Waals surface area contributed by atoms with Crippen molar-refractivity contribution >= 4 is 33.4 Å². The number of aromatic nitrogens is 1. The number of morpholine rings is 1. The molecule has 1 unspecified atom stereocenters. The summed E-state index contributed by atoms with van der Waals surface area (Å²) < 4.78 is 76.0. The lowest BCUT2D eigenvalue weighted by atomic mass is 9.88. The van der Waals surface area contributed by atoms with Crippen molar-refractivity contribution in [3.05, 3.63) is 69.8 Å². The molecule has 1 atom stereocenters. The van der Waals surface area contributed by atoms with Gasteiger partial charge in [-0.2, -0.15) is 13.2 Å². The first-order valence-electron chi connectivity index (χ1n) is 15.5. The number of alkyl halides is 3. The fraction of sp³-hybridized carbons (Fsp3) is 0.515. The number of hydrogen-bond donors (Lipinski definition) is 1. The van der Waals surface area contributed by atoms with Crippen LogP contribution in [0.5, 0.6) is 0 Å². The average Bonchev–Trinajstić information content (AvgIpc) is 3.03. The van der Waals surface area contributed by atoms with Gasteiger partial charge < -0.3 is 14.4 Å². The topological polar surface area (TPSA) is 123 Å². The molecule has 2 aromatic rings. The van der Waals surface area contributed by atoms with Gasteiger partial charge >= 0.3 is 12.3 Å². The van der Waals surface area contributed by atoms with Crippen molar-refractivity contribution in [2.45, 2.75) is 58.5 Å². The number of sulfone groups is 1. The van der Waals surface area contributed by atoms with Gasteiger partial charge in [0.25, 0.3) is 0 Å². The lowest BCUT2D eigenvalue weighted by molar-refractivity contribution is -0.137. The molecule has 0 radical (unpaired) electrons. The number of methoxy groups -OCH3 is 1. The number of rotatable bonds is 12. The second kappa shape index (κ2) is 17.4. The Morgan fingerprint density at radius 2 is 1.94 bits per heavy atom. The third kappa shape index (κ3) is 11.8. The Balaban J connectivity index is 2.05. The van der Waals surface area contributed by atoms with Gasteiger partial charge in [0.15, 0.2) is 15.7 Å². The Hall–Kier alpha value is -3.78. The van der Waals surface area contributed by atoms with Crippen LogP contribution < -0.4 is 5.32 Å². The molecule has 1 aliphatic rings. The molecular weight excluding hydrogens is 635 g/mol. The molecule has 1 amide bonds. The molecule has 47 heavy (non-hydrogen) atoms.